The Morgan fingerprint density at radius 1 is 1.12 bits per heavy atom. The van der Waals surface area contributed by atoms with Gasteiger partial charge in [-0.15, -0.1) is 0 Å². The average Bonchev–Trinajstić information content (AvgIpc) is 2.58. The molecule has 3 aliphatic heterocycles. The minimum absolute atomic E-state index is 0.0750. The lowest BCUT2D eigenvalue weighted by molar-refractivity contribution is -0.167. The van der Waals surface area contributed by atoms with E-state index in [0.717, 1.165) is 25.3 Å². The third-order valence-electron chi connectivity index (χ3n) is 5.48. The molecule has 0 saturated carbocycles. The SMILES string of the molecule is CC(=O)N1C[C@@H]2COCCN2C2(C1)CN(C(=O)c1ccccc1)C2. The van der Waals surface area contributed by atoms with E-state index in [1.54, 1.807) is 6.92 Å². The maximum Gasteiger partial charge on any atom is 0.253 e. The zero-order valence-corrected chi connectivity index (χ0v) is 14.0. The Hall–Kier alpha value is -1.92. The first kappa shape index (κ1) is 15.6. The number of piperazine rings is 1. The highest BCUT2D eigenvalue weighted by molar-refractivity contribution is 5.95. The maximum atomic E-state index is 12.6. The van der Waals surface area contributed by atoms with Crippen molar-refractivity contribution >= 4 is 11.8 Å². The third kappa shape index (κ3) is 2.50. The van der Waals surface area contributed by atoms with E-state index in [1.165, 1.54) is 0 Å². The number of ether oxygens (including phenoxy) is 1. The molecule has 0 bridgehead atoms. The van der Waals surface area contributed by atoms with Gasteiger partial charge in [-0.1, -0.05) is 18.2 Å². The molecule has 3 heterocycles. The van der Waals surface area contributed by atoms with Crippen molar-refractivity contribution in [2.45, 2.75) is 18.5 Å². The van der Waals surface area contributed by atoms with Gasteiger partial charge in [-0.05, 0) is 12.1 Å². The number of likely N-dealkylation sites (tertiary alicyclic amines) is 1. The number of nitrogens with zero attached hydrogens (tertiary/aromatic N) is 3. The molecule has 1 atom stereocenters. The van der Waals surface area contributed by atoms with Crippen molar-refractivity contribution in [2.24, 2.45) is 0 Å². The zero-order chi connectivity index (χ0) is 16.7. The first-order chi connectivity index (χ1) is 11.6. The Morgan fingerprint density at radius 2 is 1.83 bits per heavy atom. The molecule has 3 saturated heterocycles. The molecule has 1 aromatic carbocycles. The summed E-state index contributed by atoms with van der Waals surface area (Å²) in [5, 5.41) is 0. The molecule has 6 nitrogen and oxygen atoms in total. The van der Waals surface area contributed by atoms with Gasteiger partial charge in [-0.3, -0.25) is 14.5 Å². The van der Waals surface area contributed by atoms with Gasteiger partial charge in [0, 0.05) is 45.2 Å². The van der Waals surface area contributed by atoms with Crippen LogP contribution >= 0.6 is 0 Å². The van der Waals surface area contributed by atoms with Crippen molar-refractivity contribution in [3.63, 3.8) is 0 Å². The highest BCUT2D eigenvalue weighted by Gasteiger charge is 2.55. The van der Waals surface area contributed by atoms with E-state index in [2.05, 4.69) is 4.90 Å². The highest BCUT2D eigenvalue weighted by Crippen LogP contribution is 2.36. The molecule has 3 aliphatic rings. The van der Waals surface area contributed by atoms with Crippen molar-refractivity contribution in [2.75, 3.05) is 45.9 Å². The molecule has 0 N–H and O–H groups in total. The van der Waals surface area contributed by atoms with E-state index in [9.17, 15) is 9.59 Å². The summed E-state index contributed by atoms with van der Waals surface area (Å²) in [6.07, 6.45) is 0. The Labute approximate surface area is 142 Å². The quantitative estimate of drug-likeness (QED) is 0.750. The highest BCUT2D eigenvalue weighted by atomic mass is 16.5. The zero-order valence-electron chi connectivity index (χ0n) is 14.0. The van der Waals surface area contributed by atoms with Crippen molar-refractivity contribution < 1.29 is 14.3 Å². The van der Waals surface area contributed by atoms with Gasteiger partial charge in [0.25, 0.3) is 5.91 Å². The predicted octanol–water partition coefficient (Wildman–Crippen LogP) is 0.444. The van der Waals surface area contributed by atoms with Crippen LogP contribution in [-0.4, -0.2) is 84.0 Å². The topological polar surface area (TPSA) is 53.1 Å². The summed E-state index contributed by atoms with van der Waals surface area (Å²) in [6, 6.07) is 9.64. The molecule has 24 heavy (non-hydrogen) atoms. The van der Waals surface area contributed by atoms with Gasteiger partial charge in [0.1, 0.15) is 0 Å². The molecule has 4 rings (SSSR count). The van der Waals surface area contributed by atoms with Crippen molar-refractivity contribution in [3.8, 4) is 0 Å². The molecule has 1 aromatic rings. The van der Waals surface area contributed by atoms with Gasteiger partial charge in [-0.2, -0.15) is 0 Å². The first-order valence-electron chi connectivity index (χ1n) is 8.53. The van der Waals surface area contributed by atoms with Crippen LogP contribution < -0.4 is 0 Å². The van der Waals surface area contributed by atoms with Gasteiger partial charge in [-0.25, -0.2) is 0 Å². The first-order valence-corrected chi connectivity index (χ1v) is 8.53. The van der Waals surface area contributed by atoms with Crippen LogP contribution in [0.1, 0.15) is 17.3 Å². The normalized spacial score (nSPS) is 26.0. The monoisotopic (exact) mass is 329 g/mol. The second-order valence-electron chi connectivity index (χ2n) is 7.07. The maximum absolute atomic E-state index is 12.6. The van der Waals surface area contributed by atoms with Gasteiger partial charge >= 0.3 is 0 Å². The van der Waals surface area contributed by atoms with Gasteiger partial charge in [0.2, 0.25) is 5.91 Å². The Morgan fingerprint density at radius 3 is 2.54 bits per heavy atom. The second-order valence-corrected chi connectivity index (χ2v) is 7.07. The average molecular weight is 329 g/mol. The van der Waals surface area contributed by atoms with Crippen LogP contribution in [0.4, 0.5) is 0 Å². The van der Waals surface area contributed by atoms with E-state index in [-0.39, 0.29) is 23.4 Å². The lowest BCUT2D eigenvalue weighted by Gasteiger charge is -2.63. The molecule has 0 unspecified atom stereocenters. The van der Waals surface area contributed by atoms with Crippen molar-refractivity contribution in [1.82, 2.24) is 14.7 Å². The van der Waals surface area contributed by atoms with Crippen LogP contribution in [0.25, 0.3) is 0 Å². The number of morpholine rings is 1. The summed E-state index contributed by atoms with van der Waals surface area (Å²) in [6.45, 7) is 6.69. The summed E-state index contributed by atoms with van der Waals surface area (Å²) < 4.78 is 5.61. The Kier molecular flexibility index (Phi) is 3.81. The second kappa shape index (κ2) is 5.86. The van der Waals surface area contributed by atoms with Gasteiger partial charge < -0.3 is 14.5 Å². The number of fused-ring (bicyclic) bond motifs is 2. The van der Waals surface area contributed by atoms with Crippen molar-refractivity contribution in [1.29, 1.82) is 0 Å². The largest absolute Gasteiger partial charge is 0.378 e. The number of rotatable bonds is 1. The van der Waals surface area contributed by atoms with Crippen LogP contribution in [0.5, 0.6) is 0 Å². The molecule has 128 valence electrons. The van der Waals surface area contributed by atoms with E-state index in [0.29, 0.717) is 26.2 Å². The van der Waals surface area contributed by atoms with E-state index in [4.69, 9.17) is 4.74 Å². The summed E-state index contributed by atoms with van der Waals surface area (Å²) >= 11 is 0. The number of hydrogen-bond acceptors (Lipinski definition) is 4. The van der Waals surface area contributed by atoms with Crippen LogP contribution in [0.15, 0.2) is 30.3 Å². The summed E-state index contributed by atoms with van der Waals surface area (Å²) in [5.74, 6) is 0.179. The van der Waals surface area contributed by atoms with Crippen LogP contribution in [0, 0.1) is 0 Å². The standard InChI is InChI=1S/C18H23N3O3/c1-14(22)19-9-16-10-24-8-7-21(16)18(11-19)12-20(13-18)17(23)15-5-3-2-4-6-15/h2-6,16H,7-13H2,1H3/t16-/m1/s1. The molecular weight excluding hydrogens is 306 g/mol. The molecule has 6 heteroatoms. The van der Waals surface area contributed by atoms with Crippen LogP contribution in [0.3, 0.4) is 0 Å². The Balaban J connectivity index is 1.52. The molecule has 0 radical (unpaired) electrons. The van der Waals surface area contributed by atoms with E-state index >= 15 is 0 Å². The molecule has 3 fully saturated rings. The lowest BCUT2D eigenvalue weighted by atomic mass is 9.82. The van der Waals surface area contributed by atoms with Gasteiger partial charge in [0.15, 0.2) is 0 Å². The molecule has 2 amide bonds. The number of carbonyl (C=O) groups is 2. The van der Waals surface area contributed by atoms with E-state index in [1.807, 2.05) is 40.1 Å². The smallest absolute Gasteiger partial charge is 0.253 e. The molecular formula is C18H23N3O3. The summed E-state index contributed by atoms with van der Waals surface area (Å²) in [4.78, 5) is 30.8. The Bertz CT molecular complexity index is 642. The fraction of sp³-hybridized carbons (Fsp3) is 0.556. The fourth-order valence-electron chi connectivity index (χ4n) is 4.29. The van der Waals surface area contributed by atoms with Crippen LogP contribution in [-0.2, 0) is 9.53 Å². The fourth-order valence-corrected chi connectivity index (χ4v) is 4.29. The molecule has 0 aromatic heterocycles. The molecule has 0 aliphatic carbocycles. The molecule has 1 spiro atoms. The van der Waals surface area contributed by atoms with E-state index < -0.39 is 0 Å². The summed E-state index contributed by atoms with van der Waals surface area (Å²) in [5.41, 5.74) is 0.619. The van der Waals surface area contributed by atoms with Crippen LogP contribution in [0.2, 0.25) is 0 Å². The number of amides is 2. The number of benzene rings is 1. The summed E-state index contributed by atoms with van der Waals surface area (Å²) in [7, 11) is 0. The van der Waals surface area contributed by atoms with Gasteiger partial charge in [0.05, 0.1) is 24.8 Å². The van der Waals surface area contributed by atoms with Crippen molar-refractivity contribution in [3.05, 3.63) is 35.9 Å². The minimum Gasteiger partial charge on any atom is -0.378 e. The predicted molar refractivity (Wildman–Crippen MR) is 88.6 cm³/mol. The third-order valence-corrected chi connectivity index (χ3v) is 5.48. The number of carbonyl (C=O) groups excluding carboxylic acids is 2. The minimum atomic E-state index is -0.108. The lowest BCUT2D eigenvalue weighted by Crippen LogP contribution is -2.81. The number of hydrogen-bond donors (Lipinski definition) is 0.